The van der Waals surface area contributed by atoms with Crippen molar-refractivity contribution in [2.45, 2.75) is 33.2 Å². The quantitative estimate of drug-likeness (QED) is 0.713. The van der Waals surface area contributed by atoms with Gasteiger partial charge < -0.3 is 16.0 Å². The molecule has 6 nitrogen and oxygen atoms in total. The van der Waals surface area contributed by atoms with Crippen molar-refractivity contribution in [3.63, 3.8) is 0 Å². The van der Waals surface area contributed by atoms with Crippen LogP contribution in [-0.2, 0) is 4.79 Å². The zero-order valence-corrected chi connectivity index (χ0v) is 13.0. The van der Waals surface area contributed by atoms with Gasteiger partial charge >= 0.3 is 0 Å². The third kappa shape index (κ3) is 5.42. The summed E-state index contributed by atoms with van der Waals surface area (Å²) in [6, 6.07) is 0.165. The first-order valence-corrected chi connectivity index (χ1v) is 7.11. The SMILES string of the molecule is CCNc1ncnc(NCCC(=O)NC(C)C)c1Br. The molecule has 0 saturated carbocycles. The van der Waals surface area contributed by atoms with E-state index in [2.05, 4.69) is 41.8 Å². The lowest BCUT2D eigenvalue weighted by atomic mass is 10.3. The van der Waals surface area contributed by atoms with E-state index in [0.717, 1.165) is 16.8 Å². The third-order valence-corrected chi connectivity index (χ3v) is 2.98. The summed E-state index contributed by atoms with van der Waals surface area (Å²) >= 11 is 3.44. The van der Waals surface area contributed by atoms with Crippen LogP contribution in [0.3, 0.4) is 0 Å². The van der Waals surface area contributed by atoms with E-state index in [0.29, 0.717) is 18.8 Å². The van der Waals surface area contributed by atoms with E-state index in [1.54, 1.807) is 0 Å². The van der Waals surface area contributed by atoms with Crippen molar-refractivity contribution >= 4 is 33.5 Å². The number of rotatable bonds is 7. The fourth-order valence-corrected chi connectivity index (χ4v) is 1.96. The third-order valence-electron chi connectivity index (χ3n) is 2.23. The number of carbonyl (C=O) groups excluding carboxylic acids is 1. The van der Waals surface area contributed by atoms with Gasteiger partial charge in [0, 0.05) is 25.6 Å². The fourth-order valence-electron chi connectivity index (χ4n) is 1.47. The second-order valence-corrected chi connectivity index (χ2v) is 5.11. The van der Waals surface area contributed by atoms with Crippen molar-refractivity contribution in [2.75, 3.05) is 23.7 Å². The Balaban J connectivity index is 2.49. The highest BCUT2D eigenvalue weighted by atomic mass is 79.9. The summed E-state index contributed by atoms with van der Waals surface area (Å²) in [5.41, 5.74) is 0. The number of nitrogens with zero attached hydrogens (tertiary/aromatic N) is 2. The van der Waals surface area contributed by atoms with Crippen molar-refractivity contribution < 1.29 is 4.79 Å². The van der Waals surface area contributed by atoms with Gasteiger partial charge in [0.15, 0.2) is 0 Å². The molecule has 7 heteroatoms. The maximum absolute atomic E-state index is 11.5. The number of halogens is 1. The number of aromatic nitrogens is 2. The number of nitrogens with one attached hydrogen (secondary N) is 3. The monoisotopic (exact) mass is 329 g/mol. The van der Waals surface area contributed by atoms with Crippen LogP contribution in [0, 0.1) is 0 Å². The topological polar surface area (TPSA) is 78.9 Å². The van der Waals surface area contributed by atoms with Crippen molar-refractivity contribution in [3.05, 3.63) is 10.8 Å². The smallest absolute Gasteiger partial charge is 0.221 e. The normalized spacial score (nSPS) is 10.4. The minimum Gasteiger partial charge on any atom is -0.369 e. The van der Waals surface area contributed by atoms with Crippen LogP contribution in [0.4, 0.5) is 11.6 Å². The molecule has 0 fully saturated rings. The molecule has 1 amide bonds. The van der Waals surface area contributed by atoms with Crippen LogP contribution in [0.1, 0.15) is 27.2 Å². The fraction of sp³-hybridized carbons (Fsp3) is 0.583. The molecule has 1 heterocycles. The minimum atomic E-state index is 0.0274. The first-order chi connectivity index (χ1) is 9.04. The van der Waals surface area contributed by atoms with Crippen LogP contribution >= 0.6 is 15.9 Å². The summed E-state index contributed by atoms with van der Waals surface area (Å²) in [5, 5.41) is 9.08. The lowest BCUT2D eigenvalue weighted by Gasteiger charge is -2.11. The summed E-state index contributed by atoms with van der Waals surface area (Å²) in [4.78, 5) is 19.8. The van der Waals surface area contributed by atoms with Crippen LogP contribution < -0.4 is 16.0 Å². The van der Waals surface area contributed by atoms with Crippen LogP contribution in [0.5, 0.6) is 0 Å². The number of carbonyl (C=O) groups is 1. The molecule has 3 N–H and O–H groups in total. The molecular formula is C12H20BrN5O. The van der Waals surface area contributed by atoms with Gasteiger partial charge in [-0.15, -0.1) is 0 Å². The number of hydrogen-bond donors (Lipinski definition) is 3. The molecule has 0 aliphatic carbocycles. The molecule has 0 spiro atoms. The number of hydrogen-bond acceptors (Lipinski definition) is 5. The molecular weight excluding hydrogens is 310 g/mol. The van der Waals surface area contributed by atoms with E-state index in [1.807, 2.05) is 20.8 Å². The molecule has 0 aromatic carbocycles. The second kappa shape index (κ2) is 7.93. The first-order valence-electron chi connectivity index (χ1n) is 6.32. The van der Waals surface area contributed by atoms with Crippen LogP contribution in [0.15, 0.2) is 10.8 Å². The Kier molecular flexibility index (Phi) is 6.55. The summed E-state index contributed by atoms with van der Waals surface area (Å²) < 4.78 is 0.779. The summed E-state index contributed by atoms with van der Waals surface area (Å²) in [5.74, 6) is 1.45. The average molecular weight is 330 g/mol. The van der Waals surface area contributed by atoms with Crippen LogP contribution in [0.25, 0.3) is 0 Å². The molecule has 0 unspecified atom stereocenters. The van der Waals surface area contributed by atoms with Crippen molar-refractivity contribution in [1.82, 2.24) is 15.3 Å². The zero-order chi connectivity index (χ0) is 14.3. The van der Waals surface area contributed by atoms with Crippen molar-refractivity contribution in [2.24, 2.45) is 0 Å². The van der Waals surface area contributed by atoms with E-state index >= 15 is 0 Å². The molecule has 1 aromatic heterocycles. The van der Waals surface area contributed by atoms with Gasteiger partial charge in [-0.1, -0.05) is 0 Å². The highest BCUT2D eigenvalue weighted by Crippen LogP contribution is 2.26. The Morgan fingerprint density at radius 3 is 2.53 bits per heavy atom. The molecule has 1 rings (SSSR count). The van der Waals surface area contributed by atoms with E-state index in [-0.39, 0.29) is 11.9 Å². The van der Waals surface area contributed by atoms with Gasteiger partial charge in [-0.3, -0.25) is 4.79 Å². The Morgan fingerprint density at radius 2 is 1.95 bits per heavy atom. The summed E-state index contributed by atoms with van der Waals surface area (Å²) in [6.45, 7) is 7.19. The van der Waals surface area contributed by atoms with Crippen molar-refractivity contribution in [3.8, 4) is 0 Å². The minimum absolute atomic E-state index is 0.0274. The Labute approximate surface area is 121 Å². The summed E-state index contributed by atoms with van der Waals surface area (Å²) in [6.07, 6.45) is 1.89. The van der Waals surface area contributed by atoms with Crippen LogP contribution in [0.2, 0.25) is 0 Å². The van der Waals surface area contributed by atoms with Crippen LogP contribution in [-0.4, -0.2) is 35.0 Å². The number of amides is 1. The van der Waals surface area contributed by atoms with Gasteiger partial charge in [-0.25, -0.2) is 9.97 Å². The van der Waals surface area contributed by atoms with Gasteiger partial charge in [-0.2, -0.15) is 0 Å². The molecule has 106 valence electrons. The summed E-state index contributed by atoms with van der Waals surface area (Å²) in [7, 11) is 0. The number of anilines is 2. The lowest BCUT2D eigenvalue weighted by Crippen LogP contribution is -2.31. The maximum Gasteiger partial charge on any atom is 0.221 e. The van der Waals surface area contributed by atoms with Crippen molar-refractivity contribution in [1.29, 1.82) is 0 Å². The molecule has 0 bridgehead atoms. The van der Waals surface area contributed by atoms with Gasteiger partial charge in [0.1, 0.15) is 22.4 Å². The van der Waals surface area contributed by atoms with E-state index < -0.39 is 0 Å². The molecule has 19 heavy (non-hydrogen) atoms. The lowest BCUT2D eigenvalue weighted by molar-refractivity contribution is -0.121. The molecule has 0 atom stereocenters. The van der Waals surface area contributed by atoms with Gasteiger partial charge in [0.2, 0.25) is 5.91 Å². The van der Waals surface area contributed by atoms with Gasteiger partial charge in [0.05, 0.1) is 0 Å². The molecule has 0 aliphatic heterocycles. The zero-order valence-electron chi connectivity index (χ0n) is 11.5. The maximum atomic E-state index is 11.5. The standard InChI is InChI=1S/C12H20BrN5O/c1-4-14-11-10(13)12(17-7-16-11)15-6-5-9(19)18-8(2)3/h7-8H,4-6H2,1-3H3,(H,18,19)(H2,14,15,16,17). The molecule has 0 radical (unpaired) electrons. The highest BCUT2D eigenvalue weighted by molar-refractivity contribution is 9.10. The van der Waals surface area contributed by atoms with Gasteiger partial charge in [-0.05, 0) is 36.7 Å². The highest BCUT2D eigenvalue weighted by Gasteiger charge is 2.08. The predicted octanol–water partition coefficient (Wildman–Crippen LogP) is 2.00. The van der Waals surface area contributed by atoms with E-state index in [4.69, 9.17) is 0 Å². The largest absolute Gasteiger partial charge is 0.369 e. The average Bonchev–Trinajstić information content (AvgIpc) is 2.33. The van der Waals surface area contributed by atoms with E-state index in [9.17, 15) is 4.79 Å². The van der Waals surface area contributed by atoms with E-state index in [1.165, 1.54) is 6.33 Å². The Morgan fingerprint density at radius 1 is 1.32 bits per heavy atom. The molecule has 0 saturated heterocycles. The first kappa shape index (κ1) is 15.7. The van der Waals surface area contributed by atoms with Gasteiger partial charge in [0.25, 0.3) is 0 Å². The molecule has 1 aromatic rings. The molecule has 0 aliphatic rings. The predicted molar refractivity (Wildman–Crippen MR) is 80.3 cm³/mol. The second-order valence-electron chi connectivity index (χ2n) is 4.31. The Hall–Kier alpha value is -1.37. The Bertz CT molecular complexity index is 425.